The van der Waals surface area contributed by atoms with Crippen molar-refractivity contribution in [3.05, 3.63) is 59.4 Å². The molecular formula is C50H70O. The van der Waals surface area contributed by atoms with Crippen molar-refractivity contribution in [2.45, 2.75) is 154 Å². The fourth-order valence-electron chi connectivity index (χ4n) is 17.3. The fourth-order valence-corrected chi connectivity index (χ4v) is 17.3. The molecule has 1 heteroatoms. The van der Waals surface area contributed by atoms with Gasteiger partial charge in [-0.15, -0.1) is 0 Å². The standard InChI is InChI=1S/C50H70O/c1-3-17-33-31(14-1)16-13-26-36(33)42-28-29-44(49-43-25-11-12-27-46(43)51-50(42)49)47-38-21-7-9-23-40(38)48(41-24-10-8-22-39(41)47)45-30-32-15-2-4-18-34(32)35-19-5-6-20-37(35)45/h6-7,11,16,20-21,25,32-41,43-49H,1-5,8-10,12-15,17-19,22-24,26-30H2. The van der Waals surface area contributed by atoms with Crippen molar-refractivity contribution in [2.75, 3.05) is 0 Å². The van der Waals surface area contributed by atoms with E-state index in [1.807, 2.05) is 11.1 Å². The highest BCUT2D eigenvalue weighted by Gasteiger charge is 2.60. The zero-order chi connectivity index (χ0) is 33.5. The van der Waals surface area contributed by atoms with Gasteiger partial charge in [-0.1, -0.05) is 86.6 Å². The van der Waals surface area contributed by atoms with Gasteiger partial charge in [0.05, 0.1) is 5.76 Å². The first kappa shape index (κ1) is 32.9. The van der Waals surface area contributed by atoms with Crippen molar-refractivity contribution < 1.29 is 4.74 Å². The Morgan fingerprint density at radius 3 is 2.08 bits per heavy atom. The lowest BCUT2D eigenvalue weighted by molar-refractivity contribution is -0.119. The van der Waals surface area contributed by atoms with E-state index in [9.17, 15) is 0 Å². The van der Waals surface area contributed by atoms with Gasteiger partial charge < -0.3 is 4.74 Å². The average molecular weight is 687 g/mol. The van der Waals surface area contributed by atoms with Crippen molar-refractivity contribution in [1.82, 2.24) is 0 Å². The highest BCUT2D eigenvalue weighted by molar-refractivity contribution is 5.32. The molecule has 17 unspecified atom stereocenters. The van der Waals surface area contributed by atoms with Crippen LogP contribution in [0.3, 0.4) is 0 Å². The molecule has 11 aliphatic rings. The highest BCUT2D eigenvalue weighted by atomic mass is 16.5. The van der Waals surface area contributed by atoms with Crippen molar-refractivity contribution in [3.63, 3.8) is 0 Å². The van der Waals surface area contributed by atoms with Crippen molar-refractivity contribution in [3.8, 4) is 0 Å². The molecule has 1 aliphatic heterocycles. The number of fused-ring (bicyclic) bond motifs is 9. The van der Waals surface area contributed by atoms with Gasteiger partial charge in [0.2, 0.25) is 0 Å². The molecule has 10 aliphatic carbocycles. The summed E-state index contributed by atoms with van der Waals surface area (Å²) in [6.07, 6.45) is 52.7. The molecule has 0 aromatic carbocycles. The lowest BCUT2D eigenvalue weighted by Gasteiger charge is -2.62. The Kier molecular flexibility index (Phi) is 8.81. The van der Waals surface area contributed by atoms with Crippen LogP contribution in [0, 0.1) is 94.7 Å². The van der Waals surface area contributed by atoms with Crippen LogP contribution in [0.5, 0.6) is 0 Å². The third-order valence-corrected chi connectivity index (χ3v) is 18.9. The van der Waals surface area contributed by atoms with E-state index in [-0.39, 0.29) is 0 Å². The van der Waals surface area contributed by atoms with Gasteiger partial charge in [0.1, 0.15) is 6.10 Å². The zero-order valence-electron chi connectivity index (χ0n) is 32.0. The van der Waals surface area contributed by atoms with E-state index in [4.69, 9.17) is 4.74 Å². The third-order valence-electron chi connectivity index (χ3n) is 18.9. The van der Waals surface area contributed by atoms with Crippen molar-refractivity contribution in [2.24, 2.45) is 94.7 Å². The predicted octanol–water partition coefficient (Wildman–Crippen LogP) is 13.2. The minimum absolute atomic E-state index is 0.451. The molecule has 0 spiro atoms. The number of allylic oxidation sites excluding steroid dienone is 9. The molecule has 0 aromatic heterocycles. The smallest absolute Gasteiger partial charge is 0.105 e. The molecule has 276 valence electrons. The summed E-state index contributed by atoms with van der Waals surface area (Å²) in [4.78, 5) is 0. The summed E-state index contributed by atoms with van der Waals surface area (Å²) in [5, 5.41) is 0. The second-order valence-electron chi connectivity index (χ2n) is 20.5. The highest BCUT2D eigenvalue weighted by Crippen LogP contribution is 2.67. The van der Waals surface area contributed by atoms with Crippen molar-refractivity contribution >= 4 is 0 Å². The summed E-state index contributed by atoms with van der Waals surface area (Å²) in [5.74, 6) is 15.8. The van der Waals surface area contributed by atoms with Crippen LogP contribution in [0.4, 0.5) is 0 Å². The average Bonchev–Trinajstić information content (AvgIpc) is 3.59. The van der Waals surface area contributed by atoms with E-state index in [0.717, 1.165) is 82.9 Å². The summed E-state index contributed by atoms with van der Waals surface area (Å²) in [7, 11) is 0. The summed E-state index contributed by atoms with van der Waals surface area (Å²) >= 11 is 0. The third kappa shape index (κ3) is 5.39. The molecule has 0 aromatic rings. The summed E-state index contributed by atoms with van der Waals surface area (Å²) < 4.78 is 7.42. The molecule has 1 saturated heterocycles. The largest absolute Gasteiger partial charge is 0.494 e. The molecule has 11 rings (SSSR count). The Balaban J connectivity index is 0.973. The minimum Gasteiger partial charge on any atom is -0.494 e. The number of ether oxygens (including phenoxy) is 1. The first-order chi connectivity index (χ1) is 25.3. The number of rotatable bonds is 3. The quantitative estimate of drug-likeness (QED) is 0.269. The van der Waals surface area contributed by atoms with E-state index >= 15 is 0 Å². The predicted molar refractivity (Wildman–Crippen MR) is 209 cm³/mol. The second kappa shape index (κ2) is 13.7. The normalized spacial score (nSPS) is 51.5. The van der Waals surface area contributed by atoms with Crippen molar-refractivity contribution in [1.29, 1.82) is 0 Å². The molecule has 17 atom stereocenters. The van der Waals surface area contributed by atoms with Gasteiger partial charge in [-0.2, -0.15) is 0 Å². The van der Waals surface area contributed by atoms with Crippen LogP contribution in [-0.2, 0) is 4.74 Å². The molecule has 1 nitrogen and oxygen atoms in total. The van der Waals surface area contributed by atoms with Gasteiger partial charge >= 0.3 is 0 Å². The molecule has 0 radical (unpaired) electrons. The van der Waals surface area contributed by atoms with E-state index in [2.05, 4.69) is 42.5 Å². The first-order valence-corrected chi connectivity index (χ1v) is 23.4. The molecular weight excluding hydrogens is 617 g/mol. The van der Waals surface area contributed by atoms with E-state index in [1.54, 1.807) is 31.4 Å². The van der Waals surface area contributed by atoms with Crippen LogP contribution in [0.25, 0.3) is 0 Å². The molecule has 51 heavy (non-hydrogen) atoms. The van der Waals surface area contributed by atoms with Crippen LogP contribution in [0.2, 0.25) is 0 Å². The lowest BCUT2D eigenvalue weighted by Crippen LogP contribution is -2.56. The van der Waals surface area contributed by atoms with Gasteiger partial charge in [0.15, 0.2) is 0 Å². The maximum atomic E-state index is 7.42. The Hall–Kier alpha value is -1.50. The van der Waals surface area contributed by atoms with Crippen LogP contribution >= 0.6 is 0 Å². The van der Waals surface area contributed by atoms with Crippen LogP contribution in [0.1, 0.15) is 148 Å². The molecule has 6 fully saturated rings. The zero-order valence-corrected chi connectivity index (χ0v) is 32.0. The molecule has 0 bridgehead atoms. The van der Waals surface area contributed by atoms with Crippen LogP contribution in [0.15, 0.2) is 59.4 Å². The summed E-state index contributed by atoms with van der Waals surface area (Å²) in [6, 6.07) is 0. The summed E-state index contributed by atoms with van der Waals surface area (Å²) in [6.45, 7) is 0. The van der Waals surface area contributed by atoms with Gasteiger partial charge in [0.25, 0.3) is 0 Å². The van der Waals surface area contributed by atoms with Gasteiger partial charge in [-0.25, -0.2) is 0 Å². The maximum Gasteiger partial charge on any atom is 0.105 e. The number of hydrogen-bond donors (Lipinski definition) is 0. The van der Waals surface area contributed by atoms with E-state index < -0.39 is 0 Å². The molecule has 0 N–H and O–H groups in total. The maximum absolute atomic E-state index is 7.42. The SMILES string of the molecule is C1=CC2C(CC1)OC1=C(C3CCC=C4CCCCC43)CCC(C3C4C=CCCC4C(C4CC5CCCCC5C5CCC=CC54)C4CCCCC43)C12. The molecule has 1 heterocycles. The van der Waals surface area contributed by atoms with E-state index in [1.165, 1.54) is 122 Å². The van der Waals surface area contributed by atoms with Gasteiger partial charge in [-0.3, -0.25) is 0 Å². The van der Waals surface area contributed by atoms with Gasteiger partial charge in [0, 0.05) is 11.8 Å². The Bertz CT molecular complexity index is 1460. The summed E-state index contributed by atoms with van der Waals surface area (Å²) in [5.41, 5.74) is 3.69. The van der Waals surface area contributed by atoms with Crippen LogP contribution < -0.4 is 0 Å². The molecule has 0 amide bonds. The fraction of sp³-hybridized carbons (Fsp3) is 0.800. The van der Waals surface area contributed by atoms with Gasteiger partial charge in [-0.05, 0) is 198 Å². The Labute approximate surface area is 311 Å². The molecule has 5 saturated carbocycles. The minimum atomic E-state index is 0.451. The van der Waals surface area contributed by atoms with Crippen LogP contribution in [-0.4, -0.2) is 6.10 Å². The lowest BCUT2D eigenvalue weighted by atomic mass is 9.42. The number of hydrogen-bond acceptors (Lipinski definition) is 1. The Morgan fingerprint density at radius 2 is 1.20 bits per heavy atom. The monoisotopic (exact) mass is 687 g/mol. The van der Waals surface area contributed by atoms with E-state index in [0.29, 0.717) is 17.9 Å². The first-order valence-electron chi connectivity index (χ1n) is 23.4. The Morgan fingerprint density at radius 1 is 0.471 bits per heavy atom. The topological polar surface area (TPSA) is 9.23 Å². The second-order valence-corrected chi connectivity index (χ2v) is 20.5.